The summed E-state index contributed by atoms with van der Waals surface area (Å²) in [6.07, 6.45) is 0.401. The lowest BCUT2D eigenvalue weighted by molar-refractivity contribution is -0.116. The van der Waals surface area contributed by atoms with Crippen molar-refractivity contribution >= 4 is 17.4 Å². The van der Waals surface area contributed by atoms with Crippen LogP contribution < -0.4 is 4.74 Å². The van der Waals surface area contributed by atoms with Gasteiger partial charge in [-0.05, 0) is 30.2 Å². The quantitative estimate of drug-likeness (QED) is 0.822. The van der Waals surface area contributed by atoms with E-state index in [9.17, 15) is 4.79 Å². The van der Waals surface area contributed by atoms with Gasteiger partial charge in [0.25, 0.3) is 0 Å². The molecular weight excluding hydrogens is 260 g/mol. The van der Waals surface area contributed by atoms with E-state index in [1.165, 1.54) is 0 Å². The molecule has 0 spiro atoms. The minimum atomic E-state index is 0.119. The van der Waals surface area contributed by atoms with Crippen molar-refractivity contribution in [2.24, 2.45) is 0 Å². The molecule has 0 aliphatic heterocycles. The summed E-state index contributed by atoms with van der Waals surface area (Å²) in [6.45, 7) is 2.04. The topological polar surface area (TPSA) is 26.3 Å². The molecule has 0 heterocycles. The Hall–Kier alpha value is -1.80. The van der Waals surface area contributed by atoms with Crippen LogP contribution in [0.1, 0.15) is 18.1 Å². The van der Waals surface area contributed by atoms with E-state index in [-0.39, 0.29) is 5.78 Å². The van der Waals surface area contributed by atoms with Crippen molar-refractivity contribution in [1.82, 2.24) is 0 Å². The highest BCUT2D eigenvalue weighted by atomic mass is 35.5. The highest BCUT2D eigenvalue weighted by Gasteiger charge is 2.05. The third kappa shape index (κ3) is 4.11. The number of ketones is 1. The fourth-order valence-corrected chi connectivity index (χ4v) is 2.05. The van der Waals surface area contributed by atoms with Crippen LogP contribution in [0.3, 0.4) is 0 Å². The van der Waals surface area contributed by atoms with Crippen LogP contribution in [0, 0.1) is 0 Å². The molecular formula is C16H15ClO2. The van der Waals surface area contributed by atoms with Crippen molar-refractivity contribution in [3.8, 4) is 5.75 Å². The summed E-state index contributed by atoms with van der Waals surface area (Å²) >= 11 is 6.14. The van der Waals surface area contributed by atoms with Gasteiger partial charge in [0.1, 0.15) is 18.1 Å². The lowest BCUT2D eigenvalue weighted by Gasteiger charge is -2.09. The molecule has 2 rings (SSSR count). The number of hydrogen-bond acceptors (Lipinski definition) is 2. The summed E-state index contributed by atoms with van der Waals surface area (Å²) in [6, 6.07) is 15.4. The molecule has 0 saturated carbocycles. The van der Waals surface area contributed by atoms with E-state index in [0.717, 1.165) is 11.1 Å². The van der Waals surface area contributed by atoms with E-state index < -0.39 is 0 Å². The normalized spacial score (nSPS) is 10.2. The Kier molecular flexibility index (Phi) is 4.58. The largest absolute Gasteiger partial charge is 0.487 e. The third-order valence-corrected chi connectivity index (χ3v) is 2.98. The van der Waals surface area contributed by atoms with Crippen LogP contribution in [0.5, 0.6) is 5.75 Å². The SMILES string of the molecule is CC(=O)Cc1ccc(OCc2ccccc2)c(Cl)c1. The first-order valence-electron chi connectivity index (χ1n) is 6.10. The Bertz CT molecular complexity index is 564. The van der Waals surface area contributed by atoms with Crippen LogP contribution in [0.15, 0.2) is 48.5 Å². The molecule has 19 heavy (non-hydrogen) atoms. The molecule has 2 aromatic carbocycles. The standard InChI is InChI=1S/C16H15ClO2/c1-12(18)9-14-7-8-16(15(17)10-14)19-11-13-5-3-2-4-6-13/h2-8,10H,9,11H2,1H3. The van der Waals surface area contributed by atoms with Crippen LogP contribution in [0.2, 0.25) is 5.02 Å². The second-order valence-corrected chi connectivity index (χ2v) is 4.83. The Labute approximate surface area is 118 Å². The summed E-state index contributed by atoms with van der Waals surface area (Å²) < 4.78 is 5.67. The maximum absolute atomic E-state index is 11.0. The Morgan fingerprint density at radius 3 is 2.47 bits per heavy atom. The van der Waals surface area contributed by atoms with Crippen LogP contribution >= 0.6 is 11.6 Å². The van der Waals surface area contributed by atoms with Gasteiger partial charge in [-0.2, -0.15) is 0 Å². The zero-order valence-corrected chi connectivity index (χ0v) is 11.5. The predicted molar refractivity (Wildman–Crippen MR) is 76.6 cm³/mol. The minimum Gasteiger partial charge on any atom is -0.487 e. The first-order chi connectivity index (χ1) is 9.15. The highest BCUT2D eigenvalue weighted by molar-refractivity contribution is 6.32. The molecule has 0 fully saturated rings. The zero-order valence-electron chi connectivity index (χ0n) is 10.7. The van der Waals surface area contributed by atoms with Gasteiger partial charge in [0.05, 0.1) is 5.02 Å². The lowest BCUT2D eigenvalue weighted by atomic mass is 10.1. The van der Waals surface area contributed by atoms with Gasteiger partial charge in [-0.1, -0.05) is 48.0 Å². The molecule has 0 atom stereocenters. The Morgan fingerprint density at radius 2 is 1.84 bits per heavy atom. The van der Waals surface area contributed by atoms with E-state index in [4.69, 9.17) is 16.3 Å². The number of benzene rings is 2. The van der Waals surface area contributed by atoms with Crippen LogP contribution in [0.25, 0.3) is 0 Å². The molecule has 0 N–H and O–H groups in total. The summed E-state index contributed by atoms with van der Waals surface area (Å²) in [5.41, 5.74) is 2.00. The average Bonchev–Trinajstić information content (AvgIpc) is 2.38. The van der Waals surface area contributed by atoms with Gasteiger partial charge in [0.2, 0.25) is 0 Å². The molecule has 0 radical (unpaired) electrons. The molecule has 3 heteroatoms. The van der Waals surface area contributed by atoms with Crippen molar-refractivity contribution in [3.05, 3.63) is 64.7 Å². The van der Waals surface area contributed by atoms with Gasteiger partial charge in [-0.3, -0.25) is 4.79 Å². The zero-order chi connectivity index (χ0) is 13.7. The van der Waals surface area contributed by atoms with Crippen molar-refractivity contribution in [2.45, 2.75) is 20.0 Å². The van der Waals surface area contributed by atoms with E-state index >= 15 is 0 Å². The summed E-state index contributed by atoms with van der Waals surface area (Å²) in [5, 5.41) is 0.537. The maximum atomic E-state index is 11.0. The van der Waals surface area contributed by atoms with Crippen molar-refractivity contribution < 1.29 is 9.53 Å². The fourth-order valence-electron chi connectivity index (χ4n) is 1.79. The molecule has 2 nitrogen and oxygen atoms in total. The monoisotopic (exact) mass is 274 g/mol. The first kappa shape index (κ1) is 13.6. The van der Waals surface area contributed by atoms with Crippen LogP contribution in [0.4, 0.5) is 0 Å². The highest BCUT2D eigenvalue weighted by Crippen LogP contribution is 2.26. The number of Topliss-reactive ketones (excluding diaryl/α,β-unsaturated/α-hetero) is 1. The van der Waals surface area contributed by atoms with Gasteiger partial charge in [0.15, 0.2) is 0 Å². The number of rotatable bonds is 5. The third-order valence-electron chi connectivity index (χ3n) is 2.69. The smallest absolute Gasteiger partial charge is 0.138 e. The van der Waals surface area contributed by atoms with Crippen LogP contribution in [-0.2, 0) is 17.8 Å². The van der Waals surface area contributed by atoms with Gasteiger partial charge in [-0.15, -0.1) is 0 Å². The fraction of sp³-hybridized carbons (Fsp3) is 0.188. The predicted octanol–water partition coefficient (Wildman–Crippen LogP) is 4.05. The number of hydrogen-bond donors (Lipinski definition) is 0. The number of ether oxygens (including phenoxy) is 1. The van der Waals surface area contributed by atoms with Crippen LogP contribution in [-0.4, -0.2) is 5.78 Å². The molecule has 0 amide bonds. The number of carbonyl (C=O) groups excluding carboxylic acids is 1. The molecule has 0 aliphatic rings. The van der Waals surface area contributed by atoms with E-state index in [2.05, 4.69) is 0 Å². The van der Waals surface area contributed by atoms with Gasteiger partial charge < -0.3 is 4.74 Å². The lowest BCUT2D eigenvalue weighted by Crippen LogP contribution is -1.98. The number of halogens is 1. The minimum absolute atomic E-state index is 0.119. The first-order valence-corrected chi connectivity index (χ1v) is 6.47. The van der Waals surface area contributed by atoms with Gasteiger partial charge in [-0.25, -0.2) is 0 Å². The number of carbonyl (C=O) groups is 1. The maximum Gasteiger partial charge on any atom is 0.138 e. The Balaban J connectivity index is 2.03. The van der Waals surface area contributed by atoms with Crippen molar-refractivity contribution in [3.63, 3.8) is 0 Å². The van der Waals surface area contributed by atoms with E-state index in [1.807, 2.05) is 42.5 Å². The second-order valence-electron chi connectivity index (χ2n) is 4.42. The van der Waals surface area contributed by atoms with E-state index in [0.29, 0.717) is 23.8 Å². The molecule has 0 aromatic heterocycles. The molecule has 98 valence electrons. The average molecular weight is 275 g/mol. The molecule has 2 aromatic rings. The Morgan fingerprint density at radius 1 is 1.11 bits per heavy atom. The molecule has 0 unspecified atom stereocenters. The molecule has 0 saturated heterocycles. The van der Waals surface area contributed by atoms with E-state index in [1.54, 1.807) is 13.0 Å². The van der Waals surface area contributed by atoms with Crippen molar-refractivity contribution in [1.29, 1.82) is 0 Å². The van der Waals surface area contributed by atoms with Gasteiger partial charge >= 0.3 is 0 Å². The summed E-state index contributed by atoms with van der Waals surface area (Å²) in [4.78, 5) is 11.0. The molecule has 0 bridgehead atoms. The van der Waals surface area contributed by atoms with Gasteiger partial charge in [0, 0.05) is 6.42 Å². The summed E-state index contributed by atoms with van der Waals surface area (Å²) in [7, 11) is 0. The summed E-state index contributed by atoms with van der Waals surface area (Å²) in [5.74, 6) is 0.756. The van der Waals surface area contributed by atoms with Crippen molar-refractivity contribution in [2.75, 3.05) is 0 Å². The second kappa shape index (κ2) is 6.39. The molecule has 0 aliphatic carbocycles.